The molecular weight excluding hydrogens is 412 g/mol. The van der Waals surface area contributed by atoms with Crippen molar-refractivity contribution in [3.63, 3.8) is 0 Å². The molecule has 0 saturated carbocycles. The molecule has 0 aliphatic carbocycles. The summed E-state index contributed by atoms with van der Waals surface area (Å²) in [6.07, 6.45) is 0. The maximum absolute atomic E-state index is 5.87. The Balaban J connectivity index is 1.75. The van der Waals surface area contributed by atoms with Gasteiger partial charge in [0.1, 0.15) is 0 Å². The van der Waals surface area contributed by atoms with Crippen molar-refractivity contribution >= 4 is 22.7 Å². The van der Waals surface area contributed by atoms with Gasteiger partial charge < -0.3 is 10.6 Å². The first kappa shape index (κ1) is 23.6. The van der Waals surface area contributed by atoms with Gasteiger partial charge in [-0.25, -0.2) is 0 Å². The third-order valence-electron chi connectivity index (χ3n) is 6.35. The average Bonchev–Trinajstić information content (AvgIpc) is 2.80. The molecular formula is C32H36N2. The topological polar surface area (TPSA) is 29.3 Å². The van der Waals surface area contributed by atoms with E-state index in [1.807, 2.05) is 12.1 Å². The summed E-state index contributed by atoms with van der Waals surface area (Å²) in [7, 11) is 0. The molecule has 0 aromatic heterocycles. The van der Waals surface area contributed by atoms with Crippen LogP contribution in [-0.2, 0) is 10.8 Å². The van der Waals surface area contributed by atoms with Gasteiger partial charge in [-0.3, -0.25) is 0 Å². The third-order valence-corrected chi connectivity index (χ3v) is 6.35. The van der Waals surface area contributed by atoms with Crippen molar-refractivity contribution in [3.05, 3.63) is 108 Å². The van der Waals surface area contributed by atoms with E-state index in [2.05, 4.69) is 131 Å². The molecule has 4 rings (SSSR count). The summed E-state index contributed by atoms with van der Waals surface area (Å²) in [6.45, 7) is 13.5. The predicted molar refractivity (Wildman–Crippen MR) is 148 cm³/mol. The van der Waals surface area contributed by atoms with E-state index < -0.39 is 0 Å². The van der Waals surface area contributed by atoms with Gasteiger partial charge in [0.15, 0.2) is 0 Å². The molecule has 0 unspecified atom stereocenters. The minimum absolute atomic E-state index is 0.123. The minimum Gasteiger partial charge on any atom is -0.399 e. The van der Waals surface area contributed by atoms with Gasteiger partial charge in [-0.1, -0.05) is 90.1 Å². The van der Waals surface area contributed by atoms with Gasteiger partial charge in [0.2, 0.25) is 0 Å². The minimum atomic E-state index is 0.123. The van der Waals surface area contributed by atoms with Crippen molar-refractivity contribution in [2.45, 2.75) is 52.4 Å². The molecule has 0 atom stereocenters. The van der Waals surface area contributed by atoms with E-state index in [0.717, 1.165) is 28.3 Å². The standard InChI is InChI=1S/C32H36N2/c1-31(2,3)25-11-19-29(20-12-25)34(30-21-13-26(14-22-30)32(4,5)6)28-17-9-24(10-18-28)23-7-15-27(33)16-8-23/h7-22H,33H2,1-6H3. The van der Waals surface area contributed by atoms with E-state index in [0.29, 0.717) is 0 Å². The molecule has 0 aliphatic rings. The summed E-state index contributed by atoms with van der Waals surface area (Å²) in [5, 5.41) is 0. The molecule has 174 valence electrons. The Labute approximate surface area is 205 Å². The van der Waals surface area contributed by atoms with Crippen LogP contribution in [0.3, 0.4) is 0 Å². The Kier molecular flexibility index (Phi) is 6.27. The van der Waals surface area contributed by atoms with Crippen LogP contribution in [0.1, 0.15) is 52.7 Å². The van der Waals surface area contributed by atoms with E-state index >= 15 is 0 Å². The van der Waals surface area contributed by atoms with Gasteiger partial charge in [0.05, 0.1) is 0 Å². The van der Waals surface area contributed by atoms with Crippen LogP contribution in [0.4, 0.5) is 22.7 Å². The lowest BCUT2D eigenvalue weighted by Gasteiger charge is -2.28. The van der Waals surface area contributed by atoms with Crippen molar-refractivity contribution in [2.24, 2.45) is 0 Å². The lowest BCUT2D eigenvalue weighted by atomic mass is 9.86. The first-order valence-electron chi connectivity index (χ1n) is 12.0. The van der Waals surface area contributed by atoms with Crippen molar-refractivity contribution in [1.82, 2.24) is 0 Å². The van der Waals surface area contributed by atoms with Crippen LogP contribution in [0.15, 0.2) is 97.1 Å². The second-order valence-electron chi connectivity index (χ2n) is 11.1. The fourth-order valence-corrected chi connectivity index (χ4v) is 4.15. The highest BCUT2D eigenvalue weighted by Crippen LogP contribution is 2.37. The maximum Gasteiger partial charge on any atom is 0.0462 e. The number of hydrogen-bond acceptors (Lipinski definition) is 2. The molecule has 34 heavy (non-hydrogen) atoms. The van der Waals surface area contributed by atoms with Crippen LogP contribution in [-0.4, -0.2) is 0 Å². The second kappa shape index (κ2) is 9.02. The molecule has 0 radical (unpaired) electrons. The van der Waals surface area contributed by atoms with Crippen LogP contribution in [0.25, 0.3) is 11.1 Å². The van der Waals surface area contributed by atoms with Crippen LogP contribution < -0.4 is 10.6 Å². The van der Waals surface area contributed by atoms with Crippen LogP contribution in [0.5, 0.6) is 0 Å². The van der Waals surface area contributed by atoms with Crippen LogP contribution >= 0.6 is 0 Å². The van der Waals surface area contributed by atoms with Gasteiger partial charge in [0, 0.05) is 22.7 Å². The van der Waals surface area contributed by atoms with E-state index in [9.17, 15) is 0 Å². The van der Waals surface area contributed by atoms with Crippen molar-refractivity contribution in [1.29, 1.82) is 0 Å². The summed E-state index contributed by atoms with van der Waals surface area (Å²) in [5.74, 6) is 0. The van der Waals surface area contributed by atoms with Gasteiger partial charge in [0.25, 0.3) is 0 Å². The van der Waals surface area contributed by atoms with Gasteiger partial charge in [-0.2, -0.15) is 0 Å². The molecule has 0 bridgehead atoms. The predicted octanol–water partition coefficient (Wildman–Crippen LogP) is 9.00. The highest BCUT2D eigenvalue weighted by atomic mass is 15.1. The lowest BCUT2D eigenvalue weighted by molar-refractivity contribution is 0.590. The highest BCUT2D eigenvalue weighted by Gasteiger charge is 2.18. The second-order valence-corrected chi connectivity index (χ2v) is 11.1. The normalized spacial score (nSPS) is 11.9. The Bertz CT molecular complexity index is 1160. The largest absolute Gasteiger partial charge is 0.399 e. The zero-order valence-electron chi connectivity index (χ0n) is 21.3. The molecule has 4 aromatic carbocycles. The Morgan fingerprint density at radius 3 is 1.06 bits per heavy atom. The van der Waals surface area contributed by atoms with E-state index in [-0.39, 0.29) is 10.8 Å². The number of hydrogen-bond donors (Lipinski definition) is 1. The van der Waals surface area contributed by atoms with E-state index in [1.165, 1.54) is 16.7 Å². The van der Waals surface area contributed by atoms with Crippen molar-refractivity contribution < 1.29 is 0 Å². The number of nitrogen functional groups attached to an aromatic ring is 1. The molecule has 0 aliphatic heterocycles. The van der Waals surface area contributed by atoms with Gasteiger partial charge in [-0.15, -0.1) is 0 Å². The maximum atomic E-state index is 5.87. The molecule has 0 saturated heterocycles. The first-order chi connectivity index (χ1) is 16.0. The zero-order valence-corrected chi connectivity index (χ0v) is 21.3. The molecule has 4 aromatic rings. The number of nitrogens with two attached hydrogens (primary N) is 1. The lowest BCUT2D eigenvalue weighted by Crippen LogP contribution is -2.14. The summed E-state index contributed by atoms with van der Waals surface area (Å²) in [6, 6.07) is 34.7. The Hall–Kier alpha value is -3.52. The van der Waals surface area contributed by atoms with Crippen LogP contribution in [0, 0.1) is 0 Å². The molecule has 0 fully saturated rings. The summed E-state index contributed by atoms with van der Waals surface area (Å²) in [5.41, 5.74) is 15.3. The van der Waals surface area contributed by atoms with Gasteiger partial charge >= 0.3 is 0 Å². The van der Waals surface area contributed by atoms with E-state index in [1.54, 1.807) is 0 Å². The summed E-state index contributed by atoms with van der Waals surface area (Å²) < 4.78 is 0. The summed E-state index contributed by atoms with van der Waals surface area (Å²) in [4.78, 5) is 2.33. The monoisotopic (exact) mass is 448 g/mol. The SMILES string of the molecule is CC(C)(C)c1ccc(N(c2ccc(-c3ccc(N)cc3)cc2)c2ccc(C(C)(C)C)cc2)cc1. The van der Waals surface area contributed by atoms with Crippen molar-refractivity contribution in [2.75, 3.05) is 10.6 Å². The summed E-state index contributed by atoms with van der Waals surface area (Å²) >= 11 is 0. The Morgan fingerprint density at radius 2 is 0.735 bits per heavy atom. The number of rotatable bonds is 4. The smallest absolute Gasteiger partial charge is 0.0462 e. The zero-order chi connectivity index (χ0) is 24.5. The fraction of sp³-hybridized carbons (Fsp3) is 0.250. The highest BCUT2D eigenvalue weighted by molar-refractivity contribution is 5.78. The third kappa shape index (κ3) is 5.17. The van der Waals surface area contributed by atoms with Crippen LogP contribution in [0.2, 0.25) is 0 Å². The molecule has 0 spiro atoms. The molecule has 0 heterocycles. The number of anilines is 4. The van der Waals surface area contributed by atoms with E-state index in [4.69, 9.17) is 5.73 Å². The quantitative estimate of drug-likeness (QED) is 0.316. The molecule has 2 nitrogen and oxygen atoms in total. The Morgan fingerprint density at radius 1 is 0.441 bits per heavy atom. The average molecular weight is 449 g/mol. The van der Waals surface area contributed by atoms with Gasteiger partial charge in [-0.05, 0) is 81.6 Å². The first-order valence-corrected chi connectivity index (χ1v) is 12.0. The van der Waals surface area contributed by atoms with Crippen molar-refractivity contribution in [3.8, 4) is 11.1 Å². The molecule has 2 N–H and O–H groups in total. The molecule has 2 heteroatoms. The fourth-order valence-electron chi connectivity index (χ4n) is 4.15. The number of nitrogens with zero attached hydrogens (tertiary/aromatic N) is 1. The molecule has 0 amide bonds. The number of benzene rings is 4.